The average Bonchev–Trinajstić information content (AvgIpc) is 3.35. The maximum Gasteiger partial charge on any atom is 0.137 e. The van der Waals surface area contributed by atoms with Gasteiger partial charge in [0.15, 0.2) is 0 Å². The van der Waals surface area contributed by atoms with Gasteiger partial charge in [0.1, 0.15) is 17.8 Å². The third-order valence-electron chi connectivity index (χ3n) is 4.95. The molecule has 7 heteroatoms. The van der Waals surface area contributed by atoms with Gasteiger partial charge in [-0.1, -0.05) is 6.07 Å². The van der Waals surface area contributed by atoms with Crippen molar-refractivity contribution in [3.63, 3.8) is 0 Å². The minimum Gasteiger partial charge on any atom is -0.370 e. The number of aromatic amines is 1. The van der Waals surface area contributed by atoms with Crippen LogP contribution in [0.3, 0.4) is 0 Å². The maximum absolute atomic E-state index is 6.09. The minimum absolute atomic E-state index is 0.0161. The molecule has 4 rings (SSSR count). The molecular weight excluding hydrogens is 328 g/mol. The predicted molar refractivity (Wildman–Crippen MR) is 97.3 cm³/mol. The van der Waals surface area contributed by atoms with Gasteiger partial charge in [-0.25, -0.2) is 9.97 Å². The van der Waals surface area contributed by atoms with Gasteiger partial charge < -0.3 is 19.6 Å². The third kappa shape index (κ3) is 3.54. The zero-order valence-electron chi connectivity index (χ0n) is 14.9. The molecule has 26 heavy (non-hydrogen) atoms. The molecule has 1 unspecified atom stereocenters. The zero-order chi connectivity index (χ0) is 17.8. The molecule has 136 valence electrons. The Bertz CT molecular complexity index is 801. The number of nitrogens with zero attached hydrogens (tertiary/aromatic N) is 4. The number of nitrogens with one attached hydrogen (secondary N) is 2. The SMILES string of the molecule is Cn1ccnc1[C@@H]1OCCC[C@H]1CNC(c1cccnc1)c1ncc[nH]1. The fraction of sp³-hybridized carbons (Fsp3) is 0.421. The number of imidazole rings is 2. The quantitative estimate of drug-likeness (QED) is 0.712. The van der Waals surface area contributed by atoms with E-state index in [9.17, 15) is 0 Å². The lowest BCUT2D eigenvalue weighted by Crippen LogP contribution is -2.35. The van der Waals surface area contributed by atoms with E-state index < -0.39 is 0 Å². The highest BCUT2D eigenvalue weighted by atomic mass is 16.5. The number of pyridine rings is 1. The number of ether oxygens (including phenoxy) is 1. The molecule has 1 fully saturated rings. The first kappa shape index (κ1) is 16.9. The molecule has 0 aromatic carbocycles. The summed E-state index contributed by atoms with van der Waals surface area (Å²) in [6.07, 6.45) is 13.3. The molecule has 1 aliphatic rings. The molecule has 0 spiro atoms. The Morgan fingerprint density at radius 2 is 2.31 bits per heavy atom. The van der Waals surface area contributed by atoms with Crippen LogP contribution < -0.4 is 5.32 Å². The van der Waals surface area contributed by atoms with Crippen molar-refractivity contribution in [1.29, 1.82) is 0 Å². The largest absolute Gasteiger partial charge is 0.370 e. The molecule has 1 saturated heterocycles. The van der Waals surface area contributed by atoms with Gasteiger partial charge in [-0.3, -0.25) is 4.98 Å². The highest BCUT2D eigenvalue weighted by molar-refractivity contribution is 5.21. The van der Waals surface area contributed by atoms with Crippen molar-refractivity contribution in [2.75, 3.05) is 13.2 Å². The molecule has 3 aromatic rings. The summed E-state index contributed by atoms with van der Waals surface area (Å²) < 4.78 is 8.14. The number of rotatable bonds is 6. The summed E-state index contributed by atoms with van der Waals surface area (Å²) in [6, 6.07) is 4.00. The third-order valence-corrected chi connectivity index (χ3v) is 4.95. The standard InChI is InChI=1S/C19H24N6O/c1-25-10-9-23-19(25)17-15(5-3-11-26-17)13-24-16(18-21-7-8-22-18)14-4-2-6-20-12-14/h2,4,6-10,12,15-17,24H,3,5,11,13H2,1H3,(H,21,22)/t15-,16?,17+/m0/s1. The van der Waals surface area contributed by atoms with Crippen molar-refractivity contribution < 1.29 is 4.74 Å². The van der Waals surface area contributed by atoms with E-state index in [4.69, 9.17) is 4.74 Å². The van der Waals surface area contributed by atoms with E-state index >= 15 is 0 Å². The van der Waals surface area contributed by atoms with Crippen LogP contribution in [0.5, 0.6) is 0 Å². The Morgan fingerprint density at radius 1 is 1.35 bits per heavy atom. The van der Waals surface area contributed by atoms with Crippen molar-refractivity contribution in [3.05, 3.63) is 66.5 Å². The van der Waals surface area contributed by atoms with Gasteiger partial charge in [-0.15, -0.1) is 0 Å². The molecule has 0 aliphatic carbocycles. The van der Waals surface area contributed by atoms with Crippen molar-refractivity contribution in [3.8, 4) is 0 Å². The lowest BCUT2D eigenvalue weighted by atomic mass is 9.93. The van der Waals surface area contributed by atoms with Gasteiger partial charge in [-0.05, 0) is 24.5 Å². The molecule has 2 N–H and O–H groups in total. The molecular formula is C19H24N6O. The van der Waals surface area contributed by atoms with Crippen molar-refractivity contribution in [2.45, 2.75) is 25.0 Å². The molecule has 0 bridgehead atoms. The first-order valence-corrected chi connectivity index (χ1v) is 9.04. The summed E-state index contributed by atoms with van der Waals surface area (Å²) in [7, 11) is 2.02. The molecule has 0 saturated carbocycles. The second-order valence-electron chi connectivity index (χ2n) is 6.69. The molecule has 1 aliphatic heterocycles. The molecule has 0 amide bonds. The van der Waals surface area contributed by atoms with Crippen molar-refractivity contribution >= 4 is 0 Å². The molecule has 4 heterocycles. The topological polar surface area (TPSA) is 80.7 Å². The van der Waals surface area contributed by atoms with Gasteiger partial charge in [0.2, 0.25) is 0 Å². The van der Waals surface area contributed by atoms with Crippen LogP contribution in [0.25, 0.3) is 0 Å². The van der Waals surface area contributed by atoms with Crippen molar-refractivity contribution in [2.24, 2.45) is 13.0 Å². The lowest BCUT2D eigenvalue weighted by molar-refractivity contribution is -0.0348. The summed E-state index contributed by atoms with van der Waals surface area (Å²) in [6.45, 7) is 1.61. The smallest absolute Gasteiger partial charge is 0.137 e. The van der Waals surface area contributed by atoms with Gasteiger partial charge in [0.25, 0.3) is 0 Å². The second kappa shape index (κ2) is 7.80. The van der Waals surface area contributed by atoms with E-state index in [0.29, 0.717) is 5.92 Å². The fourth-order valence-corrected chi connectivity index (χ4v) is 3.61. The van der Waals surface area contributed by atoms with Gasteiger partial charge in [-0.2, -0.15) is 0 Å². The Labute approximate surface area is 152 Å². The van der Waals surface area contributed by atoms with Crippen LogP contribution in [0, 0.1) is 5.92 Å². The van der Waals surface area contributed by atoms with Crippen LogP contribution in [-0.4, -0.2) is 37.7 Å². The number of aryl methyl sites for hydroxylation is 1. The van der Waals surface area contributed by atoms with E-state index in [1.807, 2.05) is 42.5 Å². The van der Waals surface area contributed by atoms with Crippen LogP contribution in [0.15, 0.2) is 49.3 Å². The summed E-state index contributed by atoms with van der Waals surface area (Å²) in [4.78, 5) is 16.4. The van der Waals surface area contributed by atoms with Gasteiger partial charge in [0.05, 0.1) is 6.04 Å². The monoisotopic (exact) mass is 352 g/mol. The van der Waals surface area contributed by atoms with E-state index in [1.165, 1.54) is 0 Å². The lowest BCUT2D eigenvalue weighted by Gasteiger charge is -2.32. The first-order valence-electron chi connectivity index (χ1n) is 9.04. The molecule has 3 atom stereocenters. The normalized spacial score (nSPS) is 21.6. The highest BCUT2D eigenvalue weighted by Crippen LogP contribution is 2.33. The first-order chi connectivity index (χ1) is 12.8. The van der Waals surface area contributed by atoms with Crippen LogP contribution >= 0.6 is 0 Å². The highest BCUT2D eigenvalue weighted by Gasteiger charge is 2.31. The summed E-state index contributed by atoms with van der Waals surface area (Å²) >= 11 is 0. The molecule has 3 aromatic heterocycles. The summed E-state index contributed by atoms with van der Waals surface area (Å²) in [5, 5.41) is 3.67. The fourth-order valence-electron chi connectivity index (χ4n) is 3.61. The van der Waals surface area contributed by atoms with E-state index in [-0.39, 0.29) is 12.1 Å². The number of hydrogen-bond donors (Lipinski definition) is 2. The van der Waals surface area contributed by atoms with Gasteiger partial charge in [0, 0.05) is 63.3 Å². The Morgan fingerprint density at radius 3 is 3.04 bits per heavy atom. The van der Waals surface area contributed by atoms with Crippen LogP contribution in [0.1, 0.15) is 42.2 Å². The van der Waals surface area contributed by atoms with Crippen LogP contribution in [0.2, 0.25) is 0 Å². The second-order valence-corrected chi connectivity index (χ2v) is 6.69. The van der Waals surface area contributed by atoms with E-state index in [2.05, 4.69) is 31.3 Å². The minimum atomic E-state index is -0.0253. The van der Waals surface area contributed by atoms with E-state index in [0.717, 1.165) is 43.2 Å². The zero-order valence-corrected chi connectivity index (χ0v) is 14.9. The van der Waals surface area contributed by atoms with Crippen LogP contribution in [0.4, 0.5) is 0 Å². The number of H-pyrrole nitrogens is 1. The molecule has 7 nitrogen and oxygen atoms in total. The predicted octanol–water partition coefficient (Wildman–Crippen LogP) is 2.39. The number of hydrogen-bond acceptors (Lipinski definition) is 5. The van der Waals surface area contributed by atoms with Gasteiger partial charge >= 0.3 is 0 Å². The van der Waals surface area contributed by atoms with Crippen LogP contribution in [-0.2, 0) is 11.8 Å². The summed E-state index contributed by atoms with van der Waals surface area (Å²) in [5.41, 5.74) is 1.09. The molecule has 0 radical (unpaired) electrons. The summed E-state index contributed by atoms with van der Waals surface area (Å²) in [5.74, 6) is 2.25. The number of aromatic nitrogens is 5. The maximum atomic E-state index is 6.09. The van der Waals surface area contributed by atoms with Crippen molar-refractivity contribution in [1.82, 2.24) is 29.8 Å². The average molecular weight is 352 g/mol. The Hall–Kier alpha value is -2.51. The Balaban J connectivity index is 1.52. The Kier molecular flexibility index (Phi) is 5.08. The van der Waals surface area contributed by atoms with E-state index in [1.54, 1.807) is 12.4 Å².